The van der Waals surface area contributed by atoms with Crippen molar-refractivity contribution in [2.75, 3.05) is 20.7 Å². The Labute approximate surface area is 157 Å². The molecule has 134 valence electrons. The molecule has 0 saturated heterocycles. The van der Waals surface area contributed by atoms with Crippen LogP contribution in [0.25, 0.3) is 10.9 Å². The molecule has 0 radical (unpaired) electrons. The summed E-state index contributed by atoms with van der Waals surface area (Å²) in [4.78, 5) is 14.6. The van der Waals surface area contributed by atoms with Crippen molar-refractivity contribution < 1.29 is 14.6 Å². The number of benzene rings is 1. The van der Waals surface area contributed by atoms with Gasteiger partial charge in [0, 0.05) is 23.7 Å². The molecule has 0 aliphatic rings. The summed E-state index contributed by atoms with van der Waals surface area (Å²) in [6.07, 6.45) is 0. The molecule has 2 aromatic rings. The Morgan fingerprint density at radius 3 is 2.50 bits per heavy atom. The largest absolute Gasteiger partial charge is 0.507 e. The number of phenolic OH excluding ortho intramolecular Hbond substituents is 1. The number of fused-ring (bicyclic) bond motifs is 1. The smallest absolute Gasteiger partial charge is 0.340 e. The number of phenols is 1. The van der Waals surface area contributed by atoms with Crippen LogP contribution in [0.15, 0.2) is 16.6 Å². The molecule has 7 heteroatoms. The quantitative estimate of drug-likeness (QED) is 0.732. The van der Waals surface area contributed by atoms with E-state index in [2.05, 4.69) is 34.3 Å². The van der Waals surface area contributed by atoms with E-state index in [1.54, 1.807) is 13.0 Å². The molecule has 0 spiro atoms. The van der Waals surface area contributed by atoms with Gasteiger partial charge in [-0.15, -0.1) is 12.4 Å². The van der Waals surface area contributed by atoms with E-state index in [0.29, 0.717) is 23.2 Å². The van der Waals surface area contributed by atoms with Crippen molar-refractivity contribution >= 4 is 45.2 Å². The third kappa shape index (κ3) is 3.87. The molecule has 1 heterocycles. The third-order valence-electron chi connectivity index (χ3n) is 3.64. The lowest BCUT2D eigenvalue weighted by molar-refractivity contribution is 0.0526. The number of carbonyl (C=O) groups excluding carboxylic acids is 1. The molecule has 0 aliphatic carbocycles. The lowest BCUT2D eigenvalue weighted by Gasteiger charge is -2.18. The molecule has 24 heavy (non-hydrogen) atoms. The molecule has 1 aromatic carbocycles. The van der Waals surface area contributed by atoms with Gasteiger partial charge in [-0.3, -0.25) is 0 Å². The molecule has 1 aromatic heterocycles. The fraction of sp³-hybridized carbons (Fsp3) is 0.471. The second kappa shape index (κ2) is 8.23. The zero-order valence-electron chi connectivity index (χ0n) is 14.6. The van der Waals surface area contributed by atoms with Crippen LogP contribution in [0.3, 0.4) is 0 Å². The number of aromatic hydroxyl groups is 1. The molecular weight excluding hydrogens is 396 g/mol. The molecule has 5 nitrogen and oxygen atoms in total. The fourth-order valence-corrected chi connectivity index (χ4v) is 3.18. The van der Waals surface area contributed by atoms with Crippen LogP contribution in [0, 0.1) is 0 Å². The summed E-state index contributed by atoms with van der Waals surface area (Å²) in [5.41, 5.74) is 2.34. The van der Waals surface area contributed by atoms with E-state index in [1.807, 2.05) is 25.1 Å². The van der Waals surface area contributed by atoms with Crippen molar-refractivity contribution in [1.82, 2.24) is 9.47 Å². The number of ether oxygens (including phenoxy) is 1. The first-order valence-corrected chi connectivity index (χ1v) is 8.44. The van der Waals surface area contributed by atoms with Crippen LogP contribution in [0.5, 0.6) is 5.75 Å². The highest BCUT2D eigenvalue weighted by molar-refractivity contribution is 9.10. The summed E-state index contributed by atoms with van der Waals surface area (Å²) in [7, 11) is 3.93. The molecule has 0 saturated carbocycles. The maximum absolute atomic E-state index is 12.5. The van der Waals surface area contributed by atoms with Gasteiger partial charge in [0.1, 0.15) is 5.75 Å². The second-order valence-corrected chi connectivity index (χ2v) is 6.92. The predicted molar refractivity (Wildman–Crippen MR) is 102 cm³/mol. The highest BCUT2D eigenvalue weighted by Crippen LogP contribution is 2.37. The van der Waals surface area contributed by atoms with Crippen molar-refractivity contribution in [3.05, 3.63) is 27.9 Å². The molecule has 0 fully saturated rings. The van der Waals surface area contributed by atoms with Gasteiger partial charge in [-0.25, -0.2) is 4.79 Å². The Bertz CT molecular complexity index is 741. The number of halogens is 2. The average molecular weight is 420 g/mol. The molecule has 2 rings (SSSR count). The highest BCUT2D eigenvalue weighted by atomic mass is 79.9. The first kappa shape index (κ1) is 20.8. The minimum Gasteiger partial charge on any atom is -0.507 e. The topological polar surface area (TPSA) is 54.7 Å². The van der Waals surface area contributed by atoms with E-state index in [9.17, 15) is 9.90 Å². The normalized spacial score (nSPS) is 11.2. The summed E-state index contributed by atoms with van der Waals surface area (Å²) < 4.78 is 8.00. The van der Waals surface area contributed by atoms with E-state index in [1.165, 1.54) is 0 Å². The lowest BCUT2D eigenvalue weighted by Crippen LogP contribution is -2.19. The third-order valence-corrected chi connectivity index (χ3v) is 4.27. The zero-order chi connectivity index (χ0) is 17.3. The van der Waals surface area contributed by atoms with Crippen molar-refractivity contribution in [2.24, 2.45) is 0 Å². The number of aromatic nitrogens is 1. The van der Waals surface area contributed by atoms with Gasteiger partial charge in [-0.1, -0.05) is 0 Å². The van der Waals surface area contributed by atoms with E-state index in [4.69, 9.17) is 4.74 Å². The molecule has 0 aliphatic heterocycles. The van der Waals surface area contributed by atoms with E-state index in [0.717, 1.165) is 16.6 Å². The van der Waals surface area contributed by atoms with Crippen LogP contribution >= 0.6 is 28.3 Å². The van der Waals surface area contributed by atoms with Crippen LogP contribution in [-0.4, -0.2) is 41.2 Å². The Morgan fingerprint density at radius 1 is 1.38 bits per heavy atom. The standard InChI is InChI=1S/C17H23BrN2O3.ClH/c1-6-23-17(22)16-11-7-15(21)12(18)8-13(11)20(10(2)3)14(16)9-19(4)5;/h7-8,10,21H,6,9H2,1-5H3;1H. The van der Waals surface area contributed by atoms with Crippen molar-refractivity contribution in [1.29, 1.82) is 0 Å². The molecule has 0 unspecified atom stereocenters. The lowest BCUT2D eigenvalue weighted by atomic mass is 10.1. The van der Waals surface area contributed by atoms with Gasteiger partial charge in [0.2, 0.25) is 0 Å². The summed E-state index contributed by atoms with van der Waals surface area (Å²) >= 11 is 3.36. The first-order valence-electron chi connectivity index (χ1n) is 7.65. The summed E-state index contributed by atoms with van der Waals surface area (Å²) in [6, 6.07) is 3.66. The van der Waals surface area contributed by atoms with E-state index in [-0.39, 0.29) is 30.2 Å². The van der Waals surface area contributed by atoms with E-state index >= 15 is 0 Å². The molecule has 0 amide bonds. The van der Waals surface area contributed by atoms with Crippen molar-refractivity contribution in [2.45, 2.75) is 33.4 Å². The number of carbonyl (C=O) groups is 1. The van der Waals surface area contributed by atoms with Gasteiger partial charge >= 0.3 is 5.97 Å². The zero-order valence-corrected chi connectivity index (χ0v) is 17.0. The van der Waals surface area contributed by atoms with Gasteiger partial charge < -0.3 is 19.3 Å². The fourth-order valence-electron chi connectivity index (χ4n) is 2.85. The van der Waals surface area contributed by atoms with Gasteiger partial charge in [-0.2, -0.15) is 0 Å². The summed E-state index contributed by atoms with van der Waals surface area (Å²) in [5.74, 6) is -0.240. The minimum atomic E-state index is -0.351. The SMILES string of the molecule is CCOC(=O)c1c(CN(C)C)n(C(C)C)c2cc(Br)c(O)cc12.Cl. The molecule has 0 bridgehead atoms. The molecule has 0 atom stereocenters. The molecule has 1 N–H and O–H groups in total. The Morgan fingerprint density at radius 2 is 2.00 bits per heavy atom. The Hall–Kier alpha value is -1.24. The molecular formula is C17H24BrClN2O3. The first-order chi connectivity index (χ1) is 10.8. The van der Waals surface area contributed by atoms with Gasteiger partial charge in [0.25, 0.3) is 0 Å². The Balaban J connectivity index is 0.00000288. The summed E-state index contributed by atoms with van der Waals surface area (Å²) in [6.45, 7) is 6.87. The number of hydrogen-bond donors (Lipinski definition) is 1. The monoisotopic (exact) mass is 418 g/mol. The summed E-state index contributed by atoms with van der Waals surface area (Å²) in [5, 5.41) is 10.8. The van der Waals surface area contributed by atoms with Crippen molar-refractivity contribution in [3.63, 3.8) is 0 Å². The second-order valence-electron chi connectivity index (χ2n) is 6.06. The van der Waals surface area contributed by atoms with Gasteiger partial charge in [0.15, 0.2) is 0 Å². The highest BCUT2D eigenvalue weighted by Gasteiger charge is 2.26. The average Bonchev–Trinajstić information content (AvgIpc) is 2.72. The van der Waals surface area contributed by atoms with Crippen LogP contribution in [0.2, 0.25) is 0 Å². The predicted octanol–water partition coefficient (Wildman–Crippen LogP) is 4.35. The van der Waals surface area contributed by atoms with Gasteiger partial charge in [-0.05, 0) is 62.9 Å². The van der Waals surface area contributed by atoms with Crippen LogP contribution in [0.4, 0.5) is 0 Å². The number of hydrogen-bond acceptors (Lipinski definition) is 4. The Kier molecular flexibility index (Phi) is 7.13. The van der Waals surface area contributed by atoms with Crippen LogP contribution in [-0.2, 0) is 11.3 Å². The maximum Gasteiger partial charge on any atom is 0.340 e. The number of esters is 1. The maximum atomic E-state index is 12.5. The van der Waals surface area contributed by atoms with Crippen LogP contribution in [0.1, 0.15) is 42.9 Å². The minimum absolute atomic E-state index is 0. The van der Waals surface area contributed by atoms with Crippen LogP contribution < -0.4 is 0 Å². The number of nitrogens with zero attached hydrogens (tertiary/aromatic N) is 2. The van der Waals surface area contributed by atoms with Gasteiger partial charge in [0.05, 0.1) is 22.2 Å². The van der Waals surface area contributed by atoms with E-state index < -0.39 is 0 Å². The van der Waals surface area contributed by atoms with Crippen molar-refractivity contribution in [3.8, 4) is 5.75 Å². The number of rotatable bonds is 5.